The molecule has 0 bridgehead atoms. The van der Waals surface area contributed by atoms with Crippen molar-refractivity contribution in [2.75, 3.05) is 6.54 Å². The Morgan fingerprint density at radius 2 is 2.17 bits per heavy atom. The molecule has 0 saturated carbocycles. The molecule has 8 nitrogen and oxygen atoms in total. The second-order valence-corrected chi connectivity index (χ2v) is 6.34. The zero-order valence-corrected chi connectivity index (χ0v) is 13.8. The first kappa shape index (κ1) is 16.2. The van der Waals surface area contributed by atoms with Gasteiger partial charge in [0.15, 0.2) is 0 Å². The van der Waals surface area contributed by atoms with Crippen LogP contribution in [0, 0.1) is 0 Å². The molecule has 0 radical (unpaired) electrons. The number of carbonyl (C=O) groups excluding carboxylic acids is 1. The third kappa shape index (κ3) is 3.17. The van der Waals surface area contributed by atoms with Crippen LogP contribution in [0.1, 0.15) is 43.1 Å². The first-order valence-corrected chi connectivity index (χ1v) is 8.09. The van der Waals surface area contributed by atoms with Gasteiger partial charge in [0, 0.05) is 56.0 Å². The van der Waals surface area contributed by atoms with E-state index in [1.54, 1.807) is 4.90 Å². The number of fused-ring (bicyclic) bond motifs is 1. The molecule has 1 amide bonds. The summed E-state index contributed by atoms with van der Waals surface area (Å²) >= 11 is 0. The number of rotatable bonds is 4. The molecule has 3 rings (SSSR count). The highest BCUT2D eigenvalue weighted by atomic mass is 16.2. The van der Waals surface area contributed by atoms with Crippen LogP contribution in [-0.4, -0.2) is 37.1 Å². The Bertz CT molecular complexity index is 861. The molecule has 0 atom stereocenters. The maximum atomic E-state index is 12.5. The van der Waals surface area contributed by atoms with E-state index in [2.05, 4.69) is 29.0 Å². The Morgan fingerprint density at radius 3 is 2.88 bits per heavy atom. The van der Waals surface area contributed by atoms with E-state index < -0.39 is 11.2 Å². The smallest absolute Gasteiger partial charge is 0.328 e. The number of carbonyl (C=O) groups is 1. The summed E-state index contributed by atoms with van der Waals surface area (Å²) in [5.74, 6) is 0.300. The predicted octanol–water partition coefficient (Wildman–Crippen LogP) is 0.358. The van der Waals surface area contributed by atoms with Crippen LogP contribution >= 0.6 is 0 Å². The molecule has 2 N–H and O–H groups in total. The van der Waals surface area contributed by atoms with Crippen molar-refractivity contribution in [3.05, 3.63) is 50.1 Å². The summed E-state index contributed by atoms with van der Waals surface area (Å²) in [6.45, 7) is 5.62. The zero-order valence-electron chi connectivity index (χ0n) is 13.8. The van der Waals surface area contributed by atoms with E-state index in [1.807, 2.05) is 0 Å². The molecule has 0 fully saturated rings. The third-order valence-electron chi connectivity index (χ3n) is 4.33. The number of aromatic nitrogens is 4. The number of aryl methyl sites for hydroxylation is 1. The van der Waals surface area contributed by atoms with Crippen molar-refractivity contribution in [2.45, 2.75) is 45.7 Å². The van der Waals surface area contributed by atoms with E-state index in [9.17, 15) is 14.4 Å². The van der Waals surface area contributed by atoms with Gasteiger partial charge in [0.1, 0.15) is 0 Å². The molecule has 2 aromatic heterocycles. The normalized spacial score (nSPS) is 14.0. The second kappa shape index (κ2) is 6.46. The molecule has 128 valence electrons. The minimum Gasteiger partial charge on any atom is -0.338 e. The number of aromatic amines is 2. The van der Waals surface area contributed by atoms with E-state index in [0.29, 0.717) is 19.0 Å². The fraction of sp³-hybridized carbons (Fsp3) is 0.500. The molecule has 0 aliphatic carbocycles. The fourth-order valence-corrected chi connectivity index (χ4v) is 3.00. The standard InChI is InChI=1S/C16H21N5O3/c1-10(2)15-11-9-21(6-3-12(11)18-19-15)14(23)5-8-20-7-4-13(22)17-16(20)24/h4,7,10H,3,5-6,8-9H2,1-2H3,(H,18,19)(H,17,22,24). The fourth-order valence-electron chi connectivity index (χ4n) is 3.00. The van der Waals surface area contributed by atoms with Crippen molar-refractivity contribution in [3.8, 4) is 0 Å². The third-order valence-corrected chi connectivity index (χ3v) is 4.33. The highest BCUT2D eigenvalue weighted by Crippen LogP contribution is 2.25. The van der Waals surface area contributed by atoms with E-state index in [1.165, 1.54) is 16.8 Å². The SMILES string of the molecule is CC(C)c1n[nH]c2c1CN(C(=O)CCn1ccc(=O)[nH]c1=O)CC2. The summed E-state index contributed by atoms with van der Waals surface area (Å²) in [6, 6.07) is 1.28. The van der Waals surface area contributed by atoms with Gasteiger partial charge in [-0.25, -0.2) is 4.79 Å². The zero-order chi connectivity index (χ0) is 17.3. The topological polar surface area (TPSA) is 104 Å². The maximum absolute atomic E-state index is 12.5. The molecule has 1 aliphatic heterocycles. The Labute approximate surface area is 138 Å². The van der Waals surface area contributed by atoms with Gasteiger partial charge in [-0.2, -0.15) is 5.10 Å². The van der Waals surface area contributed by atoms with Crippen molar-refractivity contribution in [1.29, 1.82) is 0 Å². The van der Waals surface area contributed by atoms with Gasteiger partial charge in [0.05, 0.1) is 5.69 Å². The van der Waals surface area contributed by atoms with Crippen LogP contribution in [0.25, 0.3) is 0 Å². The lowest BCUT2D eigenvalue weighted by atomic mass is 9.99. The first-order chi connectivity index (χ1) is 11.5. The van der Waals surface area contributed by atoms with Gasteiger partial charge in [-0.05, 0) is 5.92 Å². The Hall–Kier alpha value is -2.64. The molecule has 1 aliphatic rings. The van der Waals surface area contributed by atoms with Crippen molar-refractivity contribution < 1.29 is 4.79 Å². The molecule has 24 heavy (non-hydrogen) atoms. The van der Waals surface area contributed by atoms with Crippen LogP contribution in [0.4, 0.5) is 0 Å². The molecule has 8 heteroatoms. The average molecular weight is 331 g/mol. The lowest BCUT2D eigenvalue weighted by Crippen LogP contribution is -2.37. The first-order valence-electron chi connectivity index (χ1n) is 8.09. The van der Waals surface area contributed by atoms with Crippen molar-refractivity contribution in [3.63, 3.8) is 0 Å². The summed E-state index contributed by atoms with van der Waals surface area (Å²) < 4.78 is 1.34. The van der Waals surface area contributed by atoms with E-state index in [0.717, 1.165) is 23.4 Å². The Kier molecular flexibility index (Phi) is 4.37. The molecular formula is C16H21N5O3. The number of nitrogens with one attached hydrogen (secondary N) is 2. The largest absolute Gasteiger partial charge is 0.338 e. The van der Waals surface area contributed by atoms with Crippen LogP contribution in [-0.2, 0) is 24.3 Å². The Balaban J connectivity index is 1.67. The van der Waals surface area contributed by atoms with Crippen LogP contribution in [0.15, 0.2) is 21.9 Å². The summed E-state index contributed by atoms with van der Waals surface area (Å²) in [6.07, 6.45) is 2.39. The summed E-state index contributed by atoms with van der Waals surface area (Å²) in [5, 5.41) is 7.43. The minimum atomic E-state index is -0.492. The average Bonchev–Trinajstić information content (AvgIpc) is 2.97. The van der Waals surface area contributed by atoms with Gasteiger partial charge in [-0.1, -0.05) is 13.8 Å². The van der Waals surface area contributed by atoms with Crippen LogP contribution < -0.4 is 11.2 Å². The summed E-state index contributed by atoms with van der Waals surface area (Å²) in [4.78, 5) is 39.2. The molecule has 0 spiro atoms. The molecular weight excluding hydrogens is 310 g/mol. The summed E-state index contributed by atoms with van der Waals surface area (Å²) in [5.41, 5.74) is 2.31. The van der Waals surface area contributed by atoms with Crippen molar-refractivity contribution in [1.82, 2.24) is 24.6 Å². The van der Waals surface area contributed by atoms with Gasteiger partial charge in [-0.3, -0.25) is 19.7 Å². The maximum Gasteiger partial charge on any atom is 0.328 e. The predicted molar refractivity (Wildman–Crippen MR) is 87.7 cm³/mol. The lowest BCUT2D eigenvalue weighted by Gasteiger charge is -2.27. The van der Waals surface area contributed by atoms with Crippen molar-refractivity contribution >= 4 is 5.91 Å². The summed E-state index contributed by atoms with van der Waals surface area (Å²) in [7, 11) is 0. The van der Waals surface area contributed by atoms with Gasteiger partial charge in [-0.15, -0.1) is 0 Å². The van der Waals surface area contributed by atoms with Crippen molar-refractivity contribution in [2.24, 2.45) is 0 Å². The Morgan fingerprint density at radius 1 is 1.38 bits per heavy atom. The highest BCUT2D eigenvalue weighted by Gasteiger charge is 2.25. The number of hydrogen-bond acceptors (Lipinski definition) is 4. The van der Waals surface area contributed by atoms with E-state index in [4.69, 9.17) is 0 Å². The van der Waals surface area contributed by atoms with E-state index in [-0.39, 0.29) is 18.9 Å². The van der Waals surface area contributed by atoms with Gasteiger partial charge in [0.25, 0.3) is 5.56 Å². The molecule has 0 saturated heterocycles. The second-order valence-electron chi connectivity index (χ2n) is 6.34. The molecule has 3 heterocycles. The number of hydrogen-bond donors (Lipinski definition) is 2. The monoisotopic (exact) mass is 331 g/mol. The lowest BCUT2D eigenvalue weighted by molar-refractivity contribution is -0.132. The van der Waals surface area contributed by atoms with Crippen LogP contribution in [0.2, 0.25) is 0 Å². The van der Waals surface area contributed by atoms with Gasteiger partial charge in [0.2, 0.25) is 5.91 Å². The molecule has 2 aromatic rings. The minimum absolute atomic E-state index is 0.00495. The van der Waals surface area contributed by atoms with Gasteiger partial charge < -0.3 is 9.47 Å². The van der Waals surface area contributed by atoms with E-state index >= 15 is 0 Å². The number of H-pyrrole nitrogens is 2. The molecule has 0 unspecified atom stereocenters. The quantitative estimate of drug-likeness (QED) is 0.844. The van der Waals surface area contributed by atoms with Gasteiger partial charge >= 0.3 is 5.69 Å². The van der Waals surface area contributed by atoms with Crippen LogP contribution in [0.5, 0.6) is 0 Å². The highest BCUT2D eigenvalue weighted by molar-refractivity contribution is 5.76. The number of nitrogens with zero attached hydrogens (tertiary/aromatic N) is 3. The number of amides is 1. The molecule has 0 aromatic carbocycles. The van der Waals surface area contributed by atoms with Crippen LogP contribution in [0.3, 0.4) is 0 Å².